The van der Waals surface area contributed by atoms with E-state index in [0.29, 0.717) is 0 Å². The van der Waals surface area contributed by atoms with Gasteiger partial charge in [0, 0.05) is 5.67 Å². The zero-order valence-electron chi connectivity index (χ0n) is 10.6. The minimum atomic E-state index is -1.25. The van der Waals surface area contributed by atoms with Crippen LogP contribution in [0, 0.1) is 0 Å². The van der Waals surface area contributed by atoms with Gasteiger partial charge in [-0.05, 0) is 20.5 Å². The molecule has 84 valence electrons. The summed E-state index contributed by atoms with van der Waals surface area (Å²) in [7, 11) is 3.18. The molecular weight excluding hydrogens is 186 g/mol. The summed E-state index contributed by atoms with van der Waals surface area (Å²) in [6.45, 7) is 11.1. The van der Waals surface area contributed by atoms with E-state index in [4.69, 9.17) is 0 Å². The summed E-state index contributed by atoms with van der Waals surface area (Å²) in [4.78, 5) is 2.41. The third kappa shape index (κ3) is 2.96. The van der Waals surface area contributed by atoms with Crippen LogP contribution in [-0.4, -0.2) is 32.7 Å². The normalized spacial score (nSPS) is 17.9. The molecule has 0 aromatic carbocycles. The first kappa shape index (κ1) is 13.9. The highest BCUT2D eigenvalue weighted by Crippen LogP contribution is 2.27. The fraction of sp³-hybridized carbons (Fsp3) is 0.833. The summed E-state index contributed by atoms with van der Waals surface area (Å²) in [6, 6.07) is 2.73. The second kappa shape index (κ2) is 6.41. The second-order valence-electron chi connectivity index (χ2n) is 4.43. The summed E-state index contributed by atoms with van der Waals surface area (Å²) < 4.78 is 0. The molecule has 0 aromatic rings. The van der Waals surface area contributed by atoms with Crippen molar-refractivity contribution in [3.63, 3.8) is 0 Å². The fourth-order valence-corrected chi connectivity index (χ4v) is 7.41. The van der Waals surface area contributed by atoms with Crippen molar-refractivity contribution in [2.75, 3.05) is 14.1 Å². The quantitative estimate of drug-likeness (QED) is 0.585. The van der Waals surface area contributed by atoms with Crippen LogP contribution in [0.25, 0.3) is 0 Å². The highest BCUT2D eigenvalue weighted by molar-refractivity contribution is 6.85. The van der Waals surface area contributed by atoms with Gasteiger partial charge in [0.15, 0.2) is 0 Å². The van der Waals surface area contributed by atoms with Gasteiger partial charge in [-0.3, -0.25) is 0 Å². The van der Waals surface area contributed by atoms with Gasteiger partial charge in [-0.2, -0.15) is 0 Å². The molecule has 0 heterocycles. The SMILES string of the molecule is C=C[Si](CC)(CCC)C(CC)N(C)C. The number of hydrogen-bond donors (Lipinski definition) is 0. The minimum Gasteiger partial charge on any atom is -0.309 e. The lowest BCUT2D eigenvalue weighted by Gasteiger charge is -2.39. The van der Waals surface area contributed by atoms with Crippen molar-refractivity contribution in [2.45, 2.75) is 51.4 Å². The molecule has 0 aliphatic rings. The molecule has 0 saturated heterocycles. The van der Waals surface area contributed by atoms with Gasteiger partial charge in [0.05, 0.1) is 8.07 Å². The predicted octanol–water partition coefficient (Wildman–Crippen LogP) is 3.47. The maximum absolute atomic E-state index is 4.11. The molecule has 0 radical (unpaired) electrons. The van der Waals surface area contributed by atoms with Crippen LogP contribution >= 0.6 is 0 Å². The van der Waals surface area contributed by atoms with E-state index in [9.17, 15) is 0 Å². The third-order valence-electron chi connectivity index (χ3n) is 3.45. The summed E-state index contributed by atoms with van der Waals surface area (Å²) in [5, 5.41) is 0. The van der Waals surface area contributed by atoms with Gasteiger partial charge in [0.1, 0.15) is 0 Å². The first-order chi connectivity index (χ1) is 6.57. The Morgan fingerprint density at radius 3 is 2.07 bits per heavy atom. The number of nitrogens with zero attached hydrogens (tertiary/aromatic N) is 1. The molecule has 14 heavy (non-hydrogen) atoms. The van der Waals surface area contributed by atoms with E-state index in [-0.39, 0.29) is 0 Å². The fourth-order valence-electron chi connectivity index (χ4n) is 2.71. The average molecular weight is 213 g/mol. The van der Waals surface area contributed by atoms with Crippen LogP contribution in [0.15, 0.2) is 12.3 Å². The van der Waals surface area contributed by atoms with Crippen molar-refractivity contribution in [2.24, 2.45) is 0 Å². The zero-order chi connectivity index (χ0) is 11.2. The molecular formula is C12H27NSi. The van der Waals surface area contributed by atoms with Gasteiger partial charge in [-0.1, -0.05) is 45.0 Å². The molecule has 0 bridgehead atoms. The van der Waals surface area contributed by atoms with Crippen LogP contribution in [0.1, 0.15) is 33.6 Å². The van der Waals surface area contributed by atoms with Crippen LogP contribution in [0.2, 0.25) is 12.1 Å². The summed E-state index contributed by atoms with van der Waals surface area (Å²) in [5.41, 5.74) is 3.09. The van der Waals surface area contributed by atoms with Crippen LogP contribution in [0.3, 0.4) is 0 Å². The molecule has 2 unspecified atom stereocenters. The van der Waals surface area contributed by atoms with Crippen molar-refractivity contribution in [3.05, 3.63) is 12.3 Å². The summed E-state index contributed by atoms with van der Waals surface area (Å²) in [6.07, 6.45) is 2.56. The van der Waals surface area contributed by atoms with Crippen molar-refractivity contribution in [1.82, 2.24) is 4.90 Å². The number of hydrogen-bond acceptors (Lipinski definition) is 1. The zero-order valence-corrected chi connectivity index (χ0v) is 11.6. The smallest absolute Gasteiger partial charge is 0.0951 e. The van der Waals surface area contributed by atoms with E-state index < -0.39 is 8.07 Å². The van der Waals surface area contributed by atoms with Gasteiger partial charge < -0.3 is 4.90 Å². The van der Waals surface area contributed by atoms with Crippen LogP contribution < -0.4 is 0 Å². The Bertz CT molecular complexity index is 168. The maximum atomic E-state index is 4.11. The van der Waals surface area contributed by atoms with Gasteiger partial charge in [0.25, 0.3) is 0 Å². The molecule has 0 amide bonds. The Kier molecular flexibility index (Phi) is 6.37. The Morgan fingerprint density at radius 2 is 1.86 bits per heavy atom. The highest BCUT2D eigenvalue weighted by atomic mass is 28.3. The Labute approximate surface area is 91.2 Å². The van der Waals surface area contributed by atoms with Crippen molar-refractivity contribution in [3.8, 4) is 0 Å². The molecule has 0 spiro atoms. The van der Waals surface area contributed by atoms with E-state index in [1.54, 1.807) is 0 Å². The molecule has 2 heteroatoms. The Balaban J connectivity index is 4.82. The van der Waals surface area contributed by atoms with Gasteiger partial charge in [-0.15, -0.1) is 6.58 Å². The van der Waals surface area contributed by atoms with Crippen LogP contribution in [0.4, 0.5) is 0 Å². The van der Waals surface area contributed by atoms with E-state index in [2.05, 4.69) is 52.0 Å². The molecule has 0 rings (SSSR count). The first-order valence-electron chi connectivity index (χ1n) is 5.87. The molecule has 0 aliphatic carbocycles. The number of rotatable bonds is 7. The van der Waals surface area contributed by atoms with Crippen LogP contribution in [-0.2, 0) is 0 Å². The van der Waals surface area contributed by atoms with Crippen LogP contribution in [0.5, 0.6) is 0 Å². The largest absolute Gasteiger partial charge is 0.309 e. The molecule has 0 N–H and O–H groups in total. The molecule has 2 atom stereocenters. The second-order valence-corrected chi connectivity index (χ2v) is 9.18. The molecule has 0 fully saturated rings. The van der Waals surface area contributed by atoms with Crippen molar-refractivity contribution >= 4 is 8.07 Å². The van der Waals surface area contributed by atoms with E-state index >= 15 is 0 Å². The van der Waals surface area contributed by atoms with Crippen molar-refractivity contribution < 1.29 is 0 Å². The Hall–Kier alpha value is -0.0831. The van der Waals surface area contributed by atoms with Gasteiger partial charge in [-0.25, -0.2) is 0 Å². The predicted molar refractivity (Wildman–Crippen MR) is 69.3 cm³/mol. The van der Waals surface area contributed by atoms with Gasteiger partial charge >= 0.3 is 0 Å². The molecule has 1 nitrogen and oxygen atoms in total. The first-order valence-corrected chi connectivity index (χ1v) is 8.44. The van der Waals surface area contributed by atoms with Gasteiger partial charge in [0.2, 0.25) is 0 Å². The average Bonchev–Trinajstić information content (AvgIpc) is 2.17. The van der Waals surface area contributed by atoms with E-state index in [1.807, 2.05) is 0 Å². The molecule has 0 aromatic heterocycles. The summed E-state index contributed by atoms with van der Waals surface area (Å²) in [5.74, 6) is 0. The van der Waals surface area contributed by atoms with Crippen molar-refractivity contribution in [1.29, 1.82) is 0 Å². The molecule has 0 saturated carbocycles. The maximum Gasteiger partial charge on any atom is 0.0951 e. The lowest BCUT2D eigenvalue weighted by Crippen LogP contribution is -2.52. The monoisotopic (exact) mass is 213 g/mol. The lowest BCUT2D eigenvalue weighted by atomic mass is 10.4. The highest BCUT2D eigenvalue weighted by Gasteiger charge is 2.35. The van der Waals surface area contributed by atoms with E-state index in [1.165, 1.54) is 24.9 Å². The standard InChI is InChI=1S/C12H27NSi/c1-7-11-14(9-3,10-4)12(8-2)13(5)6/h9,12H,3,7-8,10-11H2,1-2,4-6H3. The summed E-state index contributed by atoms with van der Waals surface area (Å²) >= 11 is 0. The van der Waals surface area contributed by atoms with E-state index in [0.717, 1.165) is 5.67 Å². The topological polar surface area (TPSA) is 3.24 Å². The lowest BCUT2D eigenvalue weighted by molar-refractivity contribution is 0.354. The Morgan fingerprint density at radius 1 is 1.29 bits per heavy atom. The minimum absolute atomic E-state index is 0.768. The molecule has 0 aliphatic heterocycles. The third-order valence-corrected chi connectivity index (χ3v) is 9.27.